The monoisotopic (exact) mass is 315 g/mol. The highest BCUT2D eigenvalue weighted by molar-refractivity contribution is 5.10. The van der Waals surface area contributed by atoms with E-state index in [0.717, 1.165) is 57.3 Å². The van der Waals surface area contributed by atoms with E-state index in [0.29, 0.717) is 0 Å². The summed E-state index contributed by atoms with van der Waals surface area (Å²) >= 11 is 0. The Balaban J connectivity index is 1.46. The molecular weight excluding hydrogens is 290 g/mol. The molecule has 6 heteroatoms. The summed E-state index contributed by atoms with van der Waals surface area (Å²) in [4.78, 5) is 13.5. The van der Waals surface area contributed by atoms with Crippen molar-refractivity contribution in [3.63, 3.8) is 0 Å². The van der Waals surface area contributed by atoms with E-state index in [2.05, 4.69) is 44.0 Å². The molecule has 0 radical (unpaired) electrons. The van der Waals surface area contributed by atoms with Gasteiger partial charge in [-0.3, -0.25) is 9.88 Å². The maximum absolute atomic E-state index is 5.38. The Bertz CT molecular complexity index is 592. The largest absolute Gasteiger partial charge is 0.338 e. The van der Waals surface area contributed by atoms with Crippen molar-refractivity contribution in [2.24, 2.45) is 0 Å². The highest BCUT2D eigenvalue weighted by Crippen LogP contribution is 2.20. The summed E-state index contributed by atoms with van der Waals surface area (Å²) in [5, 5.41) is 4.00. The molecule has 124 valence electrons. The van der Waals surface area contributed by atoms with Crippen LogP contribution in [0.4, 0.5) is 0 Å². The first-order valence-electron chi connectivity index (χ1n) is 8.44. The van der Waals surface area contributed by atoms with Gasteiger partial charge in [0.15, 0.2) is 5.82 Å². The first kappa shape index (κ1) is 16.1. The van der Waals surface area contributed by atoms with Gasteiger partial charge >= 0.3 is 0 Å². The lowest BCUT2D eigenvalue weighted by molar-refractivity contribution is 0.0890. The van der Waals surface area contributed by atoms with E-state index in [9.17, 15) is 0 Å². The Kier molecular flexibility index (Phi) is 5.35. The minimum Gasteiger partial charge on any atom is -0.338 e. The zero-order chi connectivity index (χ0) is 16.1. The molecule has 0 saturated carbocycles. The van der Waals surface area contributed by atoms with Gasteiger partial charge in [-0.05, 0) is 31.0 Å². The molecule has 0 N–H and O–H groups in total. The first-order chi connectivity index (χ1) is 11.3. The summed E-state index contributed by atoms with van der Waals surface area (Å²) in [5.41, 5.74) is 1.36. The van der Waals surface area contributed by atoms with Crippen molar-refractivity contribution in [1.29, 1.82) is 0 Å². The number of aryl methyl sites for hydroxylation is 1. The summed E-state index contributed by atoms with van der Waals surface area (Å²) in [5.74, 6) is 1.54. The number of nitrogens with zero attached hydrogens (tertiary/aromatic N) is 5. The van der Waals surface area contributed by atoms with Gasteiger partial charge < -0.3 is 9.42 Å². The zero-order valence-corrected chi connectivity index (χ0v) is 14.0. The molecule has 23 heavy (non-hydrogen) atoms. The summed E-state index contributed by atoms with van der Waals surface area (Å²) in [6, 6.07) is 4.39. The predicted molar refractivity (Wildman–Crippen MR) is 88.0 cm³/mol. The van der Waals surface area contributed by atoms with Gasteiger partial charge in [0.2, 0.25) is 5.89 Å². The second kappa shape index (κ2) is 7.66. The summed E-state index contributed by atoms with van der Waals surface area (Å²) in [7, 11) is 0. The number of piperazine rings is 1. The average Bonchev–Trinajstić information content (AvgIpc) is 3.10. The van der Waals surface area contributed by atoms with Gasteiger partial charge in [0.1, 0.15) is 0 Å². The van der Waals surface area contributed by atoms with E-state index in [4.69, 9.17) is 4.52 Å². The van der Waals surface area contributed by atoms with E-state index in [1.165, 1.54) is 5.56 Å². The van der Waals surface area contributed by atoms with Crippen molar-refractivity contribution in [3.05, 3.63) is 41.8 Å². The van der Waals surface area contributed by atoms with E-state index in [1.807, 2.05) is 19.3 Å². The van der Waals surface area contributed by atoms with Crippen LogP contribution in [0.2, 0.25) is 0 Å². The number of aromatic nitrogens is 3. The van der Waals surface area contributed by atoms with Crippen molar-refractivity contribution in [2.45, 2.75) is 32.7 Å². The van der Waals surface area contributed by atoms with E-state index < -0.39 is 0 Å². The number of pyridine rings is 1. The molecule has 2 aromatic rings. The fourth-order valence-electron chi connectivity index (χ4n) is 2.95. The minimum atomic E-state index is 0.199. The van der Waals surface area contributed by atoms with Crippen molar-refractivity contribution in [1.82, 2.24) is 24.9 Å². The third-order valence-corrected chi connectivity index (χ3v) is 4.58. The highest BCUT2D eigenvalue weighted by atomic mass is 16.5. The lowest BCUT2D eigenvalue weighted by atomic mass is 10.1. The van der Waals surface area contributed by atoms with Crippen molar-refractivity contribution < 1.29 is 4.52 Å². The second-order valence-corrected chi connectivity index (χ2v) is 6.06. The van der Waals surface area contributed by atoms with Gasteiger partial charge in [-0.15, -0.1) is 0 Å². The van der Waals surface area contributed by atoms with Gasteiger partial charge in [-0.1, -0.05) is 12.1 Å². The van der Waals surface area contributed by atoms with Crippen LogP contribution in [0.15, 0.2) is 29.0 Å². The molecule has 6 nitrogen and oxygen atoms in total. The predicted octanol–water partition coefficient (Wildman–Crippen LogP) is 1.95. The molecule has 0 aliphatic carbocycles. The topological polar surface area (TPSA) is 58.3 Å². The molecule has 0 aromatic carbocycles. The van der Waals surface area contributed by atoms with E-state index >= 15 is 0 Å². The fraction of sp³-hybridized carbons (Fsp3) is 0.588. The number of hydrogen-bond donors (Lipinski definition) is 0. The van der Waals surface area contributed by atoms with Crippen molar-refractivity contribution >= 4 is 0 Å². The van der Waals surface area contributed by atoms with Gasteiger partial charge in [0, 0.05) is 51.5 Å². The van der Waals surface area contributed by atoms with Gasteiger partial charge in [-0.25, -0.2) is 0 Å². The smallest absolute Gasteiger partial charge is 0.243 e. The maximum atomic E-state index is 5.38. The molecule has 1 saturated heterocycles. The van der Waals surface area contributed by atoms with Crippen LogP contribution in [0.25, 0.3) is 0 Å². The molecular formula is C17H25N5O. The SMILES string of the molecule is CCc1noc([C@@H](C)N2CCN(CCc3ccncc3)CC2)n1. The van der Waals surface area contributed by atoms with Crippen LogP contribution in [0.1, 0.15) is 37.2 Å². The van der Waals surface area contributed by atoms with E-state index in [1.54, 1.807) is 0 Å². The van der Waals surface area contributed by atoms with Crippen molar-refractivity contribution in [3.8, 4) is 0 Å². The Morgan fingerprint density at radius 1 is 1.17 bits per heavy atom. The molecule has 0 amide bonds. The first-order valence-corrected chi connectivity index (χ1v) is 8.44. The minimum absolute atomic E-state index is 0.199. The van der Waals surface area contributed by atoms with Gasteiger partial charge in [0.05, 0.1) is 6.04 Å². The average molecular weight is 315 g/mol. The zero-order valence-electron chi connectivity index (χ0n) is 14.0. The second-order valence-electron chi connectivity index (χ2n) is 6.06. The summed E-state index contributed by atoms with van der Waals surface area (Å²) in [6.07, 6.45) is 5.63. The molecule has 2 aromatic heterocycles. The molecule has 3 rings (SSSR count). The third kappa shape index (κ3) is 4.14. The standard InChI is InChI=1S/C17H25N5O/c1-3-16-19-17(23-20-16)14(2)22-12-10-21(11-13-22)9-6-15-4-7-18-8-5-15/h4-5,7-8,14H,3,6,9-13H2,1-2H3/t14-/m1/s1. The Hall–Kier alpha value is -1.79. The molecule has 1 aliphatic rings. The normalized spacial score (nSPS) is 18.2. The Morgan fingerprint density at radius 2 is 1.91 bits per heavy atom. The van der Waals surface area contributed by atoms with Crippen LogP contribution in [0.3, 0.4) is 0 Å². The lowest BCUT2D eigenvalue weighted by Crippen LogP contribution is -2.47. The third-order valence-electron chi connectivity index (χ3n) is 4.58. The molecule has 1 atom stereocenters. The van der Waals surface area contributed by atoms with Crippen LogP contribution >= 0.6 is 0 Å². The van der Waals surface area contributed by atoms with Crippen LogP contribution in [-0.2, 0) is 12.8 Å². The van der Waals surface area contributed by atoms with Crippen LogP contribution in [0, 0.1) is 0 Å². The van der Waals surface area contributed by atoms with Crippen LogP contribution in [0.5, 0.6) is 0 Å². The molecule has 3 heterocycles. The number of hydrogen-bond acceptors (Lipinski definition) is 6. The molecule has 1 fully saturated rings. The quantitative estimate of drug-likeness (QED) is 0.812. The Labute approximate surface area is 137 Å². The molecule has 1 aliphatic heterocycles. The van der Waals surface area contributed by atoms with E-state index in [-0.39, 0.29) is 6.04 Å². The Morgan fingerprint density at radius 3 is 2.57 bits per heavy atom. The summed E-state index contributed by atoms with van der Waals surface area (Å²) < 4.78 is 5.38. The molecule has 0 spiro atoms. The van der Waals surface area contributed by atoms with Crippen molar-refractivity contribution in [2.75, 3.05) is 32.7 Å². The number of rotatable bonds is 6. The van der Waals surface area contributed by atoms with Gasteiger partial charge in [0.25, 0.3) is 0 Å². The van der Waals surface area contributed by atoms with Crippen LogP contribution in [-0.4, -0.2) is 57.6 Å². The van der Waals surface area contributed by atoms with Gasteiger partial charge in [-0.2, -0.15) is 4.98 Å². The fourth-order valence-corrected chi connectivity index (χ4v) is 2.95. The van der Waals surface area contributed by atoms with Crippen LogP contribution < -0.4 is 0 Å². The lowest BCUT2D eigenvalue weighted by Gasteiger charge is -2.36. The molecule has 0 unspecified atom stereocenters. The highest BCUT2D eigenvalue weighted by Gasteiger charge is 2.25. The maximum Gasteiger partial charge on any atom is 0.243 e. The molecule has 0 bridgehead atoms. The summed E-state index contributed by atoms with van der Waals surface area (Å²) in [6.45, 7) is 9.56.